The molecule has 0 radical (unpaired) electrons. The van der Waals surface area contributed by atoms with Gasteiger partial charge in [0, 0.05) is 29.9 Å². The first-order chi connectivity index (χ1) is 9.08. The molecule has 6 heteroatoms. The Balaban J connectivity index is 2.53. The van der Waals surface area contributed by atoms with Gasteiger partial charge in [0.1, 0.15) is 0 Å². The SMILES string of the molecule is CCc1c(CNC)cnn1-c1cc(F)c(F)c(F)c1. The summed E-state index contributed by atoms with van der Waals surface area (Å²) in [4.78, 5) is 0. The number of halogens is 3. The fraction of sp³-hybridized carbons (Fsp3) is 0.308. The molecule has 0 spiro atoms. The van der Waals surface area contributed by atoms with Crippen LogP contribution in [-0.2, 0) is 13.0 Å². The topological polar surface area (TPSA) is 29.9 Å². The minimum Gasteiger partial charge on any atom is -0.316 e. The lowest BCUT2D eigenvalue weighted by molar-refractivity contribution is 0.445. The van der Waals surface area contributed by atoms with Crippen molar-refractivity contribution >= 4 is 0 Å². The maximum Gasteiger partial charge on any atom is 0.194 e. The molecule has 0 aliphatic carbocycles. The van der Waals surface area contributed by atoms with E-state index in [-0.39, 0.29) is 5.69 Å². The van der Waals surface area contributed by atoms with E-state index in [1.807, 2.05) is 6.92 Å². The highest BCUT2D eigenvalue weighted by Gasteiger charge is 2.15. The van der Waals surface area contributed by atoms with E-state index in [0.29, 0.717) is 13.0 Å². The third-order valence-corrected chi connectivity index (χ3v) is 2.87. The third kappa shape index (κ3) is 2.49. The summed E-state index contributed by atoms with van der Waals surface area (Å²) >= 11 is 0. The Bertz CT molecular complexity index is 570. The zero-order chi connectivity index (χ0) is 14.0. The predicted molar refractivity (Wildman–Crippen MR) is 65.6 cm³/mol. The van der Waals surface area contributed by atoms with Gasteiger partial charge in [0.2, 0.25) is 0 Å². The fourth-order valence-electron chi connectivity index (χ4n) is 2.01. The number of rotatable bonds is 4. The molecule has 19 heavy (non-hydrogen) atoms. The fourth-order valence-corrected chi connectivity index (χ4v) is 2.01. The van der Waals surface area contributed by atoms with Gasteiger partial charge in [-0.05, 0) is 13.5 Å². The van der Waals surface area contributed by atoms with Gasteiger partial charge in [0.05, 0.1) is 11.9 Å². The van der Waals surface area contributed by atoms with Crippen LogP contribution in [0.15, 0.2) is 18.3 Å². The highest BCUT2D eigenvalue weighted by Crippen LogP contribution is 2.20. The first-order valence-corrected chi connectivity index (χ1v) is 5.93. The Morgan fingerprint density at radius 3 is 2.37 bits per heavy atom. The number of aromatic nitrogens is 2. The van der Waals surface area contributed by atoms with Crippen LogP contribution in [0.25, 0.3) is 5.69 Å². The second-order valence-corrected chi connectivity index (χ2v) is 4.14. The van der Waals surface area contributed by atoms with Crippen molar-refractivity contribution in [2.24, 2.45) is 0 Å². The van der Waals surface area contributed by atoms with Gasteiger partial charge >= 0.3 is 0 Å². The van der Waals surface area contributed by atoms with Gasteiger partial charge in [-0.1, -0.05) is 6.92 Å². The molecule has 0 saturated heterocycles. The van der Waals surface area contributed by atoms with Crippen molar-refractivity contribution in [1.82, 2.24) is 15.1 Å². The zero-order valence-corrected chi connectivity index (χ0v) is 10.7. The largest absolute Gasteiger partial charge is 0.316 e. The number of nitrogens with zero attached hydrogens (tertiary/aromatic N) is 2. The van der Waals surface area contributed by atoms with Crippen LogP contribution in [0.2, 0.25) is 0 Å². The predicted octanol–water partition coefficient (Wildman–Crippen LogP) is 2.57. The van der Waals surface area contributed by atoms with Crippen LogP contribution in [0.4, 0.5) is 13.2 Å². The van der Waals surface area contributed by atoms with E-state index in [0.717, 1.165) is 23.4 Å². The number of hydrogen-bond donors (Lipinski definition) is 1. The van der Waals surface area contributed by atoms with Crippen molar-refractivity contribution < 1.29 is 13.2 Å². The monoisotopic (exact) mass is 269 g/mol. The van der Waals surface area contributed by atoms with E-state index in [2.05, 4.69) is 10.4 Å². The van der Waals surface area contributed by atoms with Crippen LogP contribution in [-0.4, -0.2) is 16.8 Å². The Hall–Kier alpha value is -1.82. The van der Waals surface area contributed by atoms with Crippen LogP contribution in [0.5, 0.6) is 0 Å². The van der Waals surface area contributed by atoms with Crippen LogP contribution in [0.3, 0.4) is 0 Å². The van der Waals surface area contributed by atoms with E-state index >= 15 is 0 Å². The van der Waals surface area contributed by atoms with Gasteiger partial charge in [-0.25, -0.2) is 17.9 Å². The molecule has 0 aliphatic rings. The summed E-state index contributed by atoms with van der Waals surface area (Å²) in [5.74, 6) is -3.91. The summed E-state index contributed by atoms with van der Waals surface area (Å²) in [6, 6.07) is 1.88. The maximum absolute atomic E-state index is 13.2. The quantitative estimate of drug-likeness (QED) is 0.865. The molecule has 0 aliphatic heterocycles. The molecule has 1 heterocycles. The highest BCUT2D eigenvalue weighted by molar-refractivity contribution is 5.36. The lowest BCUT2D eigenvalue weighted by Crippen LogP contribution is -2.09. The summed E-state index contributed by atoms with van der Waals surface area (Å²) in [6.07, 6.45) is 2.28. The lowest BCUT2D eigenvalue weighted by atomic mass is 10.2. The summed E-state index contributed by atoms with van der Waals surface area (Å²) in [7, 11) is 1.80. The van der Waals surface area contributed by atoms with Crippen LogP contribution in [0.1, 0.15) is 18.2 Å². The van der Waals surface area contributed by atoms with Gasteiger partial charge < -0.3 is 5.32 Å². The number of nitrogens with one attached hydrogen (secondary N) is 1. The first kappa shape index (κ1) is 13.6. The molecule has 0 fully saturated rings. The number of benzene rings is 1. The minimum atomic E-state index is -1.47. The summed E-state index contributed by atoms with van der Waals surface area (Å²) in [6.45, 7) is 2.53. The van der Waals surface area contributed by atoms with E-state index < -0.39 is 17.5 Å². The van der Waals surface area contributed by atoms with E-state index in [4.69, 9.17) is 0 Å². The van der Waals surface area contributed by atoms with E-state index in [9.17, 15) is 13.2 Å². The second-order valence-electron chi connectivity index (χ2n) is 4.14. The van der Waals surface area contributed by atoms with Gasteiger partial charge in [-0.3, -0.25) is 0 Å². The van der Waals surface area contributed by atoms with E-state index in [1.54, 1.807) is 13.2 Å². The first-order valence-electron chi connectivity index (χ1n) is 5.93. The smallest absolute Gasteiger partial charge is 0.194 e. The van der Waals surface area contributed by atoms with Crippen molar-refractivity contribution in [3.63, 3.8) is 0 Å². The van der Waals surface area contributed by atoms with Crippen molar-refractivity contribution in [2.45, 2.75) is 19.9 Å². The highest BCUT2D eigenvalue weighted by atomic mass is 19.2. The van der Waals surface area contributed by atoms with Crippen molar-refractivity contribution in [2.75, 3.05) is 7.05 Å². The standard InChI is InChI=1S/C13H14F3N3/c1-3-12-8(6-17-2)7-18-19(12)9-4-10(14)13(16)11(15)5-9/h4-5,7,17H,3,6H2,1-2H3. The molecule has 2 aromatic rings. The van der Waals surface area contributed by atoms with Gasteiger partial charge in [-0.15, -0.1) is 0 Å². The molecule has 3 nitrogen and oxygen atoms in total. The molecule has 1 aromatic carbocycles. The minimum absolute atomic E-state index is 0.176. The molecule has 102 valence electrons. The van der Waals surface area contributed by atoms with Gasteiger partial charge in [0.15, 0.2) is 17.5 Å². The van der Waals surface area contributed by atoms with Gasteiger partial charge in [0.25, 0.3) is 0 Å². The lowest BCUT2D eigenvalue weighted by Gasteiger charge is -2.08. The van der Waals surface area contributed by atoms with Crippen LogP contribution >= 0.6 is 0 Å². The molecule has 1 N–H and O–H groups in total. The van der Waals surface area contributed by atoms with E-state index in [1.165, 1.54) is 4.68 Å². The Labute approximate surface area is 109 Å². The Kier molecular flexibility index (Phi) is 3.90. The van der Waals surface area contributed by atoms with Gasteiger partial charge in [-0.2, -0.15) is 5.10 Å². The molecule has 2 rings (SSSR count). The molecular formula is C13H14F3N3. The zero-order valence-electron chi connectivity index (χ0n) is 10.7. The molecule has 0 bridgehead atoms. The Morgan fingerprint density at radius 1 is 1.21 bits per heavy atom. The second kappa shape index (κ2) is 5.44. The summed E-state index contributed by atoms with van der Waals surface area (Å²) in [5, 5.41) is 7.10. The molecule has 0 atom stereocenters. The van der Waals surface area contributed by atoms with Crippen LogP contribution < -0.4 is 5.32 Å². The van der Waals surface area contributed by atoms with Crippen molar-refractivity contribution in [3.8, 4) is 5.69 Å². The molecule has 1 aromatic heterocycles. The normalized spacial score (nSPS) is 11.0. The molecule has 0 unspecified atom stereocenters. The summed E-state index contributed by atoms with van der Waals surface area (Å²) < 4.78 is 40.9. The molecule has 0 saturated carbocycles. The molecular weight excluding hydrogens is 255 g/mol. The summed E-state index contributed by atoms with van der Waals surface area (Å²) in [5.41, 5.74) is 1.95. The van der Waals surface area contributed by atoms with Crippen LogP contribution in [0, 0.1) is 17.5 Å². The van der Waals surface area contributed by atoms with Crippen molar-refractivity contribution in [1.29, 1.82) is 0 Å². The number of hydrogen-bond acceptors (Lipinski definition) is 2. The maximum atomic E-state index is 13.2. The Morgan fingerprint density at radius 2 is 1.84 bits per heavy atom. The van der Waals surface area contributed by atoms with Crippen molar-refractivity contribution in [3.05, 3.63) is 47.0 Å². The third-order valence-electron chi connectivity index (χ3n) is 2.87. The molecule has 0 amide bonds. The average molecular weight is 269 g/mol. The average Bonchev–Trinajstić information content (AvgIpc) is 2.78.